The van der Waals surface area contributed by atoms with Crippen LogP contribution in [-0.2, 0) is 0 Å². The maximum absolute atomic E-state index is 6.72. The van der Waals surface area contributed by atoms with Crippen molar-refractivity contribution in [2.24, 2.45) is 0 Å². The predicted molar refractivity (Wildman–Crippen MR) is 229 cm³/mol. The first kappa shape index (κ1) is 31.9. The first-order valence-corrected chi connectivity index (χ1v) is 18.8. The summed E-state index contributed by atoms with van der Waals surface area (Å²) in [5.41, 5.74) is 14.9. The maximum Gasteiger partial charge on any atom is 0.160 e. The minimum Gasteiger partial charge on any atom is -0.456 e. The molecule has 0 aliphatic carbocycles. The smallest absolute Gasteiger partial charge is 0.160 e. The molecule has 56 heavy (non-hydrogen) atoms. The summed E-state index contributed by atoms with van der Waals surface area (Å²) >= 11 is 0. The monoisotopic (exact) mass is 716 g/mol. The van der Waals surface area contributed by atoms with Crippen LogP contribution in [0.2, 0.25) is 0 Å². The molecule has 0 saturated carbocycles. The van der Waals surface area contributed by atoms with Crippen molar-refractivity contribution < 1.29 is 8.83 Å². The van der Waals surface area contributed by atoms with Gasteiger partial charge >= 0.3 is 0 Å². The number of para-hydroxylation sites is 2. The second-order valence-corrected chi connectivity index (χ2v) is 14.1. The van der Waals surface area contributed by atoms with Crippen molar-refractivity contribution in [2.75, 3.05) is 0 Å². The second kappa shape index (κ2) is 13.1. The molecule has 0 spiro atoms. The van der Waals surface area contributed by atoms with Gasteiger partial charge in [0.05, 0.1) is 11.4 Å². The quantitative estimate of drug-likeness (QED) is 0.172. The molecule has 3 aromatic heterocycles. The highest BCUT2D eigenvalue weighted by atomic mass is 16.3. The zero-order valence-electron chi connectivity index (χ0n) is 30.2. The summed E-state index contributed by atoms with van der Waals surface area (Å²) in [6.07, 6.45) is 0. The minimum atomic E-state index is 0.676. The Kier molecular flexibility index (Phi) is 7.46. The van der Waals surface area contributed by atoms with Crippen molar-refractivity contribution in [3.8, 4) is 67.3 Å². The molecule has 0 aliphatic heterocycles. The van der Waals surface area contributed by atoms with Crippen molar-refractivity contribution in [3.05, 3.63) is 194 Å². The number of fused-ring (bicyclic) bond motifs is 6. The third-order valence-electron chi connectivity index (χ3n) is 10.8. The fraction of sp³-hybridized carbons (Fsp3) is 0. The van der Waals surface area contributed by atoms with Crippen LogP contribution in [0.5, 0.6) is 0 Å². The molecule has 0 radical (unpaired) electrons. The van der Waals surface area contributed by atoms with Crippen molar-refractivity contribution in [2.45, 2.75) is 0 Å². The van der Waals surface area contributed by atoms with Gasteiger partial charge in [-0.3, -0.25) is 0 Å². The number of hydrogen-bond donors (Lipinski definition) is 0. The highest BCUT2D eigenvalue weighted by molar-refractivity contribution is 6.20. The Morgan fingerprint density at radius 1 is 0.304 bits per heavy atom. The molecular formula is C52H32N2O2. The third-order valence-corrected chi connectivity index (χ3v) is 10.8. The van der Waals surface area contributed by atoms with Crippen LogP contribution in [0.1, 0.15) is 0 Å². The van der Waals surface area contributed by atoms with Gasteiger partial charge in [-0.2, -0.15) is 0 Å². The Bertz CT molecular complexity index is 3220. The zero-order chi connectivity index (χ0) is 37.0. The Morgan fingerprint density at radius 3 is 1.52 bits per heavy atom. The number of aromatic nitrogens is 2. The molecule has 11 aromatic rings. The van der Waals surface area contributed by atoms with Crippen LogP contribution in [0.15, 0.2) is 203 Å². The summed E-state index contributed by atoms with van der Waals surface area (Å²) in [6, 6.07) is 67.2. The molecule has 11 rings (SSSR count). The molecule has 0 amide bonds. The summed E-state index contributed by atoms with van der Waals surface area (Å²) < 4.78 is 13.0. The van der Waals surface area contributed by atoms with Crippen LogP contribution >= 0.6 is 0 Å². The lowest BCUT2D eigenvalue weighted by molar-refractivity contribution is 0.668. The van der Waals surface area contributed by atoms with E-state index >= 15 is 0 Å². The van der Waals surface area contributed by atoms with Gasteiger partial charge in [0.2, 0.25) is 0 Å². The SMILES string of the molecule is c1ccc(-c2ccc(-c3cc(-c4ccccc4)nc(-c4ccc(-c5ccc(-c6cccc7oc8ccccc8c67)c6oc7ccccc7c56)cc4)n3)cc2)cc1. The van der Waals surface area contributed by atoms with E-state index in [0.29, 0.717) is 5.82 Å². The van der Waals surface area contributed by atoms with E-state index in [1.165, 1.54) is 11.1 Å². The van der Waals surface area contributed by atoms with Crippen LogP contribution in [0.4, 0.5) is 0 Å². The maximum atomic E-state index is 6.72. The summed E-state index contributed by atoms with van der Waals surface area (Å²) in [4.78, 5) is 10.2. The van der Waals surface area contributed by atoms with Crippen LogP contribution in [-0.4, -0.2) is 9.97 Å². The lowest BCUT2D eigenvalue weighted by Crippen LogP contribution is -1.96. The molecule has 0 saturated heterocycles. The molecular weight excluding hydrogens is 685 g/mol. The van der Waals surface area contributed by atoms with E-state index in [1.807, 2.05) is 54.6 Å². The van der Waals surface area contributed by atoms with E-state index in [0.717, 1.165) is 94.2 Å². The van der Waals surface area contributed by atoms with Gasteiger partial charge < -0.3 is 8.83 Å². The number of benzene rings is 8. The fourth-order valence-corrected chi connectivity index (χ4v) is 8.02. The summed E-state index contributed by atoms with van der Waals surface area (Å²) in [5, 5.41) is 4.34. The van der Waals surface area contributed by atoms with Crippen LogP contribution in [0, 0.1) is 0 Å². The van der Waals surface area contributed by atoms with Crippen molar-refractivity contribution >= 4 is 43.9 Å². The fourth-order valence-electron chi connectivity index (χ4n) is 8.02. The molecule has 0 bridgehead atoms. The highest BCUT2D eigenvalue weighted by Gasteiger charge is 2.20. The molecule has 4 nitrogen and oxygen atoms in total. The number of nitrogens with zero attached hydrogens (tertiary/aromatic N) is 2. The van der Waals surface area contributed by atoms with Crippen LogP contribution in [0.25, 0.3) is 111 Å². The van der Waals surface area contributed by atoms with Crippen molar-refractivity contribution in [1.29, 1.82) is 0 Å². The van der Waals surface area contributed by atoms with E-state index in [2.05, 4.69) is 140 Å². The standard InChI is InChI=1S/C52H32N2O2/c1-3-12-33(13-4-1)34-22-26-37(27-23-34)45-32-44(36-14-5-2-6-15-36)53-52(54-45)38-28-24-35(25-29-38)39-30-31-41(51-50(39)43-17-8-10-20-47(43)56-51)40-18-11-21-48-49(40)42-16-7-9-19-46(42)55-48/h1-32H. The number of hydrogen-bond acceptors (Lipinski definition) is 4. The molecule has 4 heteroatoms. The highest BCUT2D eigenvalue weighted by Crippen LogP contribution is 2.45. The van der Waals surface area contributed by atoms with Gasteiger partial charge in [-0.15, -0.1) is 0 Å². The van der Waals surface area contributed by atoms with Gasteiger partial charge in [-0.05, 0) is 58.1 Å². The average Bonchev–Trinajstić information content (AvgIpc) is 3.86. The molecule has 0 aliphatic rings. The topological polar surface area (TPSA) is 52.1 Å². The third kappa shape index (κ3) is 5.39. The van der Waals surface area contributed by atoms with Crippen LogP contribution < -0.4 is 0 Å². The normalized spacial score (nSPS) is 11.6. The zero-order valence-corrected chi connectivity index (χ0v) is 30.2. The van der Waals surface area contributed by atoms with E-state index in [1.54, 1.807) is 0 Å². The molecule has 0 N–H and O–H groups in total. The Balaban J connectivity index is 1.03. The number of rotatable bonds is 6. The van der Waals surface area contributed by atoms with E-state index in [9.17, 15) is 0 Å². The lowest BCUT2D eigenvalue weighted by atomic mass is 9.92. The summed E-state index contributed by atoms with van der Waals surface area (Å²) in [5.74, 6) is 0.676. The molecule has 3 heterocycles. The summed E-state index contributed by atoms with van der Waals surface area (Å²) in [7, 11) is 0. The molecule has 8 aromatic carbocycles. The number of furan rings is 2. The molecule has 0 fully saturated rings. The lowest BCUT2D eigenvalue weighted by Gasteiger charge is -2.12. The predicted octanol–water partition coefficient (Wildman–Crippen LogP) is 14.3. The van der Waals surface area contributed by atoms with Crippen molar-refractivity contribution in [1.82, 2.24) is 9.97 Å². The van der Waals surface area contributed by atoms with Gasteiger partial charge in [0, 0.05) is 43.8 Å². The van der Waals surface area contributed by atoms with Gasteiger partial charge in [0.1, 0.15) is 22.3 Å². The van der Waals surface area contributed by atoms with Crippen molar-refractivity contribution in [3.63, 3.8) is 0 Å². The van der Waals surface area contributed by atoms with E-state index in [-0.39, 0.29) is 0 Å². The van der Waals surface area contributed by atoms with Gasteiger partial charge in [-0.25, -0.2) is 9.97 Å². The largest absolute Gasteiger partial charge is 0.456 e. The van der Waals surface area contributed by atoms with Gasteiger partial charge in [-0.1, -0.05) is 164 Å². The van der Waals surface area contributed by atoms with E-state index in [4.69, 9.17) is 18.8 Å². The Hall–Kier alpha value is -7.56. The second-order valence-electron chi connectivity index (χ2n) is 14.1. The van der Waals surface area contributed by atoms with E-state index < -0.39 is 0 Å². The average molecular weight is 717 g/mol. The van der Waals surface area contributed by atoms with Gasteiger partial charge in [0.25, 0.3) is 0 Å². The molecule has 0 atom stereocenters. The summed E-state index contributed by atoms with van der Waals surface area (Å²) in [6.45, 7) is 0. The molecule has 262 valence electrons. The first-order chi connectivity index (χ1) is 27.7. The Labute approximate surface area is 323 Å². The Morgan fingerprint density at radius 2 is 0.804 bits per heavy atom. The van der Waals surface area contributed by atoms with Gasteiger partial charge in [0.15, 0.2) is 5.82 Å². The minimum absolute atomic E-state index is 0.676. The van der Waals surface area contributed by atoms with Crippen LogP contribution in [0.3, 0.4) is 0 Å². The molecule has 0 unspecified atom stereocenters. The first-order valence-electron chi connectivity index (χ1n) is 18.8.